The van der Waals surface area contributed by atoms with E-state index in [4.69, 9.17) is 4.74 Å². The van der Waals surface area contributed by atoms with Crippen LogP contribution in [0.2, 0.25) is 0 Å². The van der Waals surface area contributed by atoms with E-state index in [9.17, 15) is 13.9 Å². The van der Waals surface area contributed by atoms with Gasteiger partial charge in [0.2, 0.25) is 0 Å². The van der Waals surface area contributed by atoms with Crippen LogP contribution in [0.15, 0.2) is 18.2 Å². The van der Waals surface area contributed by atoms with Crippen molar-refractivity contribution < 1.29 is 18.6 Å². The fourth-order valence-electron chi connectivity index (χ4n) is 2.30. The largest absolute Gasteiger partial charge is 0.386 e. The van der Waals surface area contributed by atoms with Gasteiger partial charge in [0.25, 0.3) is 0 Å². The van der Waals surface area contributed by atoms with Gasteiger partial charge in [-0.15, -0.1) is 0 Å². The maximum absolute atomic E-state index is 13.6. The van der Waals surface area contributed by atoms with Crippen molar-refractivity contribution in [3.8, 4) is 0 Å². The first kappa shape index (κ1) is 14.4. The Morgan fingerprint density at radius 3 is 2.79 bits per heavy atom. The summed E-state index contributed by atoms with van der Waals surface area (Å²) in [4.78, 5) is 2.15. The zero-order valence-corrected chi connectivity index (χ0v) is 11.1. The van der Waals surface area contributed by atoms with Crippen LogP contribution in [-0.4, -0.2) is 41.8 Å². The van der Waals surface area contributed by atoms with Gasteiger partial charge in [-0.25, -0.2) is 8.78 Å². The number of aliphatic hydroxyl groups excluding tert-OH is 1. The molecule has 0 aliphatic carbocycles. The lowest BCUT2D eigenvalue weighted by Crippen LogP contribution is -2.47. The number of hydrogen-bond acceptors (Lipinski definition) is 3. The molecule has 106 valence electrons. The summed E-state index contributed by atoms with van der Waals surface area (Å²) in [5.41, 5.74) is -0.0457. The molecule has 1 aliphatic rings. The molecule has 1 aromatic carbocycles. The van der Waals surface area contributed by atoms with Gasteiger partial charge in [-0.2, -0.15) is 0 Å². The predicted molar refractivity (Wildman–Crippen MR) is 67.8 cm³/mol. The normalized spacial score (nSPS) is 22.7. The van der Waals surface area contributed by atoms with Crippen molar-refractivity contribution in [3.05, 3.63) is 35.4 Å². The summed E-state index contributed by atoms with van der Waals surface area (Å²) >= 11 is 0. The average molecular weight is 271 g/mol. The molecular formula is C14H19F2NO2. The molecule has 5 heteroatoms. The van der Waals surface area contributed by atoms with Gasteiger partial charge < -0.3 is 9.84 Å². The van der Waals surface area contributed by atoms with Crippen molar-refractivity contribution in [1.82, 2.24) is 4.90 Å². The molecule has 1 aromatic rings. The highest BCUT2D eigenvalue weighted by Gasteiger charge is 2.30. The smallest absolute Gasteiger partial charge is 0.129 e. The van der Waals surface area contributed by atoms with E-state index >= 15 is 0 Å². The van der Waals surface area contributed by atoms with Gasteiger partial charge in [0, 0.05) is 24.7 Å². The van der Waals surface area contributed by atoms with Crippen LogP contribution in [0.25, 0.3) is 0 Å². The monoisotopic (exact) mass is 271 g/mol. The molecule has 1 heterocycles. The molecule has 0 saturated carbocycles. The molecule has 0 spiro atoms. The second kappa shape index (κ2) is 5.94. The van der Waals surface area contributed by atoms with E-state index in [1.807, 2.05) is 0 Å². The molecule has 3 nitrogen and oxygen atoms in total. The van der Waals surface area contributed by atoms with E-state index in [1.54, 1.807) is 0 Å². The Hall–Kier alpha value is -1.04. The summed E-state index contributed by atoms with van der Waals surface area (Å²) in [5.74, 6) is -1.17. The van der Waals surface area contributed by atoms with Crippen LogP contribution in [0.4, 0.5) is 8.78 Å². The Morgan fingerprint density at radius 2 is 2.11 bits per heavy atom. The highest BCUT2D eigenvalue weighted by Crippen LogP contribution is 2.25. The summed E-state index contributed by atoms with van der Waals surface area (Å²) in [5, 5.41) is 10.2. The van der Waals surface area contributed by atoms with Gasteiger partial charge in [-0.3, -0.25) is 4.90 Å². The Labute approximate surface area is 111 Å². The lowest BCUT2D eigenvalue weighted by Gasteiger charge is -2.37. The molecule has 1 aliphatic heterocycles. The van der Waals surface area contributed by atoms with Crippen molar-refractivity contribution in [2.24, 2.45) is 0 Å². The summed E-state index contributed by atoms with van der Waals surface area (Å²) in [7, 11) is 0. The van der Waals surface area contributed by atoms with Gasteiger partial charge >= 0.3 is 0 Å². The lowest BCUT2D eigenvalue weighted by molar-refractivity contribution is -0.0970. The number of halogens is 2. The van der Waals surface area contributed by atoms with E-state index in [0.717, 1.165) is 24.7 Å². The molecule has 0 aromatic heterocycles. The van der Waals surface area contributed by atoms with Crippen molar-refractivity contribution in [2.75, 3.05) is 19.7 Å². The molecule has 1 saturated heterocycles. The van der Waals surface area contributed by atoms with Crippen LogP contribution >= 0.6 is 0 Å². The van der Waals surface area contributed by atoms with Crippen LogP contribution < -0.4 is 0 Å². The summed E-state index contributed by atoms with van der Waals surface area (Å²) in [6, 6.07) is 3.42. The summed E-state index contributed by atoms with van der Waals surface area (Å²) < 4.78 is 32.3. The molecule has 0 amide bonds. The van der Waals surface area contributed by atoms with Gasteiger partial charge in [-0.05, 0) is 32.0 Å². The van der Waals surface area contributed by atoms with Crippen molar-refractivity contribution >= 4 is 0 Å². The molecule has 2 atom stereocenters. The maximum atomic E-state index is 13.6. The highest BCUT2D eigenvalue weighted by molar-refractivity contribution is 5.22. The number of rotatable bonds is 3. The highest BCUT2D eigenvalue weighted by atomic mass is 19.1. The van der Waals surface area contributed by atoms with Crippen LogP contribution in [0.5, 0.6) is 0 Å². The second-order valence-corrected chi connectivity index (χ2v) is 5.11. The molecule has 0 radical (unpaired) electrons. The standard InChI is InChI=1S/C14H19F2NO2/c1-9(2)17-5-6-19-13(8-17)14(18)11-7-10(15)3-4-12(11)16/h3-4,7,9,13-14,18H,5-6,8H2,1-2H3. The molecule has 2 rings (SSSR count). The fourth-order valence-corrected chi connectivity index (χ4v) is 2.30. The Balaban J connectivity index is 2.14. The maximum Gasteiger partial charge on any atom is 0.129 e. The number of ether oxygens (including phenoxy) is 1. The van der Waals surface area contributed by atoms with Crippen LogP contribution in [0.3, 0.4) is 0 Å². The number of aliphatic hydroxyl groups is 1. The minimum Gasteiger partial charge on any atom is -0.386 e. The number of benzene rings is 1. The minimum absolute atomic E-state index is 0.0457. The van der Waals surface area contributed by atoms with E-state index in [-0.39, 0.29) is 5.56 Å². The predicted octanol–water partition coefficient (Wildman–Crippen LogP) is 2.11. The van der Waals surface area contributed by atoms with Gasteiger partial charge in [0.05, 0.1) is 6.61 Å². The van der Waals surface area contributed by atoms with Gasteiger partial charge in [0.15, 0.2) is 0 Å². The minimum atomic E-state index is -1.16. The summed E-state index contributed by atoms with van der Waals surface area (Å²) in [6.45, 7) is 5.88. The van der Waals surface area contributed by atoms with Gasteiger partial charge in [-0.1, -0.05) is 0 Å². The molecule has 1 N–H and O–H groups in total. The molecule has 1 fully saturated rings. The van der Waals surface area contributed by atoms with E-state index < -0.39 is 23.8 Å². The number of hydrogen-bond donors (Lipinski definition) is 1. The first-order valence-corrected chi connectivity index (χ1v) is 6.47. The third kappa shape index (κ3) is 3.29. The Bertz CT molecular complexity index is 439. The van der Waals surface area contributed by atoms with Crippen molar-refractivity contribution in [3.63, 3.8) is 0 Å². The average Bonchev–Trinajstić information content (AvgIpc) is 2.41. The van der Waals surface area contributed by atoms with Crippen LogP contribution in [0.1, 0.15) is 25.5 Å². The zero-order valence-electron chi connectivity index (χ0n) is 11.1. The third-order valence-electron chi connectivity index (χ3n) is 3.48. The quantitative estimate of drug-likeness (QED) is 0.914. The molecule has 0 bridgehead atoms. The third-order valence-corrected chi connectivity index (χ3v) is 3.48. The SMILES string of the molecule is CC(C)N1CCOC(C(O)c2cc(F)ccc2F)C1. The van der Waals surface area contributed by atoms with Gasteiger partial charge in [0.1, 0.15) is 23.8 Å². The Kier molecular flexibility index (Phi) is 4.50. The lowest BCUT2D eigenvalue weighted by atomic mass is 10.0. The van der Waals surface area contributed by atoms with Crippen LogP contribution in [0, 0.1) is 11.6 Å². The fraction of sp³-hybridized carbons (Fsp3) is 0.571. The first-order chi connectivity index (χ1) is 8.99. The number of nitrogens with zero attached hydrogens (tertiary/aromatic N) is 1. The topological polar surface area (TPSA) is 32.7 Å². The zero-order chi connectivity index (χ0) is 14.0. The summed E-state index contributed by atoms with van der Waals surface area (Å²) in [6.07, 6.45) is -1.69. The van der Waals surface area contributed by atoms with Crippen molar-refractivity contribution in [1.29, 1.82) is 0 Å². The van der Waals surface area contributed by atoms with Crippen LogP contribution in [-0.2, 0) is 4.74 Å². The second-order valence-electron chi connectivity index (χ2n) is 5.11. The van der Waals surface area contributed by atoms with E-state index in [2.05, 4.69) is 18.7 Å². The first-order valence-electron chi connectivity index (χ1n) is 6.47. The molecule has 2 unspecified atom stereocenters. The van der Waals surface area contributed by atoms with E-state index in [0.29, 0.717) is 19.2 Å². The van der Waals surface area contributed by atoms with Crippen molar-refractivity contribution in [2.45, 2.75) is 32.1 Å². The number of morpholine rings is 1. The molecular weight excluding hydrogens is 252 g/mol. The Morgan fingerprint density at radius 1 is 1.37 bits per heavy atom. The molecule has 19 heavy (non-hydrogen) atoms. The van der Waals surface area contributed by atoms with E-state index in [1.165, 1.54) is 0 Å².